The van der Waals surface area contributed by atoms with E-state index in [1.54, 1.807) is 48.8 Å². The van der Waals surface area contributed by atoms with E-state index >= 15 is 0 Å². The zero-order valence-corrected chi connectivity index (χ0v) is 13.7. The van der Waals surface area contributed by atoms with Crippen molar-refractivity contribution in [3.8, 4) is 11.5 Å². The molecule has 2 heterocycles. The van der Waals surface area contributed by atoms with Gasteiger partial charge >= 0.3 is 5.97 Å². The Morgan fingerprint density at radius 3 is 2.44 bits per heavy atom. The summed E-state index contributed by atoms with van der Waals surface area (Å²) in [5.41, 5.74) is 1.03. The monoisotopic (exact) mass is 335 g/mol. The van der Waals surface area contributed by atoms with Gasteiger partial charge in [0.25, 0.3) is 0 Å². The molecule has 0 amide bonds. The minimum absolute atomic E-state index is 0.446. The maximum absolute atomic E-state index is 11.8. The van der Waals surface area contributed by atoms with Crippen LogP contribution < -0.4 is 9.47 Å². The number of benzene rings is 1. The van der Waals surface area contributed by atoms with Crippen molar-refractivity contribution in [2.75, 3.05) is 0 Å². The summed E-state index contributed by atoms with van der Waals surface area (Å²) in [7, 11) is 0. The molecule has 25 heavy (non-hydrogen) atoms. The summed E-state index contributed by atoms with van der Waals surface area (Å²) in [6.45, 7) is 2.29. The van der Waals surface area contributed by atoms with Crippen molar-refractivity contribution in [2.45, 2.75) is 13.5 Å². The smallest absolute Gasteiger partial charge is 0.336 e. The number of aryl methyl sites for hydroxylation is 1. The number of ether oxygens (including phenoxy) is 2. The zero-order valence-electron chi connectivity index (χ0n) is 13.7. The number of carbonyl (C=O) groups excluding carboxylic acids is 1. The van der Waals surface area contributed by atoms with Crippen molar-refractivity contribution < 1.29 is 18.7 Å². The molecule has 0 bridgehead atoms. The van der Waals surface area contributed by atoms with E-state index in [0.29, 0.717) is 23.9 Å². The van der Waals surface area contributed by atoms with Gasteiger partial charge in [-0.1, -0.05) is 0 Å². The molecule has 0 radical (unpaired) electrons. The summed E-state index contributed by atoms with van der Waals surface area (Å²) in [6, 6.07) is 14.3. The van der Waals surface area contributed by atoms with Crippen LogP contribution in [0.1, 0.15) is 17.1 Å². The highest BCUT2D eigenvalue weighted by atomic mass is 16.5. The Morgan fingerprint density at radius 2 is 1.76 bits per heavy atom. The first kappa shape index (κ1) is 16.5. The Hall–Kier alpha value is -3.34. The number of esters is 1. The molecule has 5 heteroatoms. The maximum Gasteiger partial charge on any atom is 0.336 e. The largest absolute Gasteiger partial charge is 0.489 e. The Morgan fingerprint density at radius 1 is 1.04 bits per heavy atom. The van der Waals surface area contributed by atoms with Gasteiger partial charge in [-0.2, -0.15) is 0 Å². The predicted molar refractivity (Wildman–Crippen MR) is 93.1 cm³/mol. The molecular weight excluding hydrogens is 318 g/mol. The second kappa shape index (κ2) is 7.97. The van der Waals surface area contributed by atoms with E-state index in [9.17, 15) is 4.79 Å². The highest BCUT2D eigenvalue weighted by Gasteiger charge is 2.03. The molecule has 0 aliphatic heterocycles. The van der Waals surface area contributed by atoms with Crippen LogP contribution in [0.3, 0.4) is 0 Å². The molecule has 0 aliphatic carbocycles. The quantitative estimate of drug-likeness (QED) is 0.384. The Balaban J connectivity index is 1.51. The number of pyridine rings is 1. The fraction of sp³-hybridized carbons (Fsp3) is 0.100. The third-order valence-corrected chi connectivity index (χ3v) is 3.34. The molecule has 0 spiro atoms. The Bertz CT molecular complexity index is 851. The molecule has 1 aromatic carbocycles. The van der Waals surface area contributed by atoms with Crippen molar-refractivity contribution >= 4 is 12.0 Å². The van der Waals surface area contributed by atoms with Gasteiger partial charge in [-0.15, -0.1) is 0 Å². The summed E-state index contributed by atoms with van der Waals surface area (Å²) in [5, 5.41) is 0. The number of rotatable bonds is 6. The van der Waals surface area contributed by atoms with E-state index in [1.165, 1.54) is 6.08 Å². The van der Waals surface area contributed by atoms with Gasteiger partial charge in [-0.3, -0.25) is 4.98 Å². The number of aromatic nitrogens is 1. The van der Waals surface area contributed by atoms with E-state index < -0.39 is 5.97 Å². The zero-order chi connectivity index (χ0) is 17.5. The first-order chi connectivity index (χ1) is 12.2. The predicted octanol–water partition coefficient (Wildman–Crippen LogP) is 4.18. The molecule has 126 valence electrons. The van der Waals surface area contributed by atoms with Crippen LogP contribution in [0, 0.1) is 6.92 Å². The van der Waals surface area contributed by atoms with E-state index in [4.69, 9.17) is 13.9 Å². The van der Waals surface area contributed by atoms with E-state index in [1.807, 2.05) is 25.1 Å². The van der Waals surface area contributed by atoms with Crippen LogP contribution in [0.25, 0.3) is 6.08 Å². The molecule has 5 nitrogen and oxygen atoms in total. The van der Waals surface area contributed by atoms with Crippen LogP contribution in [0.4, 0.5) is 0 Å². The fourth-order valence-corrected chi connectivity index (χ4v) is 2.09. The fourth-order valence-electron chi connectivity index (χ4n) is 2.09. The number of hydrogen-bond donors (Lipinski definition) is 0. The van der Waals surface area contributed by atoms with E-state index in [2.05, 4.69) is 4.98 Å². The number of carbonyl (C=O) groups is 1. The first-order valence-electron chi connectivity index (χ1n) is 7.77. The van der Waals surface area contributed by atoms with E-state index in [0.717, 1.165) is 11.3 Å². The van der Waals surface area contributed by atoms with Gasteiger partial charge in [0.2, 0.25) is 0 Å². The van der Waals surface area contributed by atoms with Crippen LogP contribution in [0.5, 0.6) is 11.5 Å². The molecule has 0 atom stereocenters. The lowest BCUT2D eigenvalue weighted by atomic mass is 10.3. The molecule has 2 aromatic heterocycles. The normalized spacial score (nSPS) is 10.8. The minimum atomic E-state index is -0.473. The van der Waals surface area contributed by atoms with Crippen molar-refractivity contribution in [1.82, 2.24) is 4.98 Å². The molecule has 3 rings (SSSR count). The molecule has 0 saturated heterocycles. The number of nitrogens with zero attached hydrogens (tertiary/aromatic N) is 1. The van der Waals surface area contributed by atoms with Gasteiger partial charge in [0.1, 0.15) is 29.6 Å². The van der Waals surface area contributed by atoms with Gasteiger partial charge in [0.15, 0.2) is 0 Å². The third-order valence-electron chi connectivity index (χ3n) is 3.34. The minimum Gasteiger partial charge on any atom is -0.489 e. The summed E-state index contributed by atoms with van der Waals surface area (Å²) < 4.78 is 16.2. The van der Waals surface area contributed by atoms with Crippen molar-refractivity contribution in [3.63, 3.8) is 0 Å². The molecule has 0 saturated carbocycles. The molecule has 0 N–H and O–H groups in total. The summed E-state index contributed by atoms with van der Waals surface area (Å²) in [5.74, 6) is 2.06. The van der Waals surface area contributed by atoms with Crippen molar-refractivity contribution in [1.29, 1.82) is 0 Å². The topological polar surface area (TPSA) is 61.6 Å². The first-order valence-corrected chi connectivity index (χ1v) is 7.77. The highest BCUT2D eigenvalue weighted by molar-refractivity contribution is 5.88. The van der Waals surface area contributed by atoms with Crippen LogP contribution in [-0.4, -0.2) is 11.0 Å². The maximum atomic E-state index is 11.8. The Kier molecular flexibility index (Phi) is 5.26. The summed E-state index contributed by atoms with van der Waals surface area (Å²) in [4.78, 5) is 15.8. The van der Waals surface area contributed by atoms with Gasteiger partial charge in [0, 0.05) is 18.5 Å². The van der Waals surface area contributed by atoms with Crippen LogP contribution in [0.15, 0.2) is 71.4 Å². The van der Waals surface area contributed by atoms with Crippen LogP contribution >= 0.6 is 0 Å². The number of hydrogen-bond acceptors (Lipinski definition) is 5. The standard InChI is InChI=1S/C20H17NO4/c1-15-2-3-18(24-15)8-9-20(22)25-19-6-4-17(5-7-19)23-14-16-10-12-21-13-11-16/h2-13H,14H2,1H3/b9-8+. The molecule has 0 aliphatic rings. The highest BCUT2D eigenvalue weighted by Crippen LogP contribution is 2.19. The summed E-state index contributed by atoms with van der Waals surface area (Å²) in [6.07, 6.45) is 6.34. The molecular formula is C20H17NO4. The van der Waals surface area contributed by atoms with Crippen LogP contribution in [-0.2, 0) is 11.4 Å². The molecule has 0 unspecified atom stereocenters. The summed E-state index contributed by atoms with van der Waals surface area (Å²) >= 11 is 0. The van der Waals surface area contributed by atoms with Gasteiger partial charge in [0.05, 0.1) is 0 Å². The SMILES string of the molecule is Cc1ccc(/C=C/C(=O)Oc2ccc(OCc3ccncc3)cc2)o1. The van der Waals surface area contributed by atoms with Crippen molar-refractivity contribution in [2.24, 2.45) is 0 Å². The second-order valence-corrected chi connectivity index (χ2v) is 5.32. The van der Waals surface area contributed by atoms with E-state index in [-0.39, 0.29) is 0 Å². The molecule has 0 fully saturated rings. The van der Waals surface area contributed by atoms with Gasteiger partial charge in [-0.25, -0.2) is 4.79 Å². The lowest BCUT2D eigenvalue weighted by Gasteiger charge is -2.07. The van der Waals surface area contributed by atoms with Crippen LogP contribution in [0.2, 0.25) is 0 Å². The molecule has 3 aromatic rings. The van der Waals surface area contributed by atoms with Crippen molar-refractivity contribution in [3.05, 3.63) is 84.1 Å². The lowest BCUT2D eigenvalue weighted by Crippen LogP contribution is -2.03. The number of furan rings is 1. The lowest BCUT2D eigenvalue weighted by molar-refractivity contribution is -0.128. The second-order valence-electron chi connectivity index (χ2n) is 5.32. The average molecular weight is 335 g/mol. The van der Waals surface area contributed by atoms with Gasteiger partial charge in [-0.05, 0) is 67.1 Å². The average Bonchev–Trinajstić information content (AvgIpc) is 3.06. The third kappa shape index (κ3) is 5.07. The van der Waals surface area contributed by atoms with Gasteiger partial charge < -0.3 is 13.9 Å². The Labute approximate surface area is 145 Å².